The predicted molar refractivity (Wildman–Crippen MR) is 103 cm³/mol. The van der Waals surface area contributed by atoms with E-state index < -0.39 is 6.04 Å². The fraction of sp³-hybridized carbons (Fsp3) is 0.364. The van der Waals surface area contributed by atoms with Crippen LogP contribution in [0.5, 0.6) is 11.5 Å². The van der Waals surface area contributed by atoms with Crippen LogP contribution in [0.1, 0.15) is 34.3 Å². The van der Waals surface area contributed by atoms with E-state index >= 15 is 0 Å². The Morgan fingerprint density at radius 2 is 1.85 bits per heavy atom. The highest BCUT2D eigenvalue weighted by atomic mass is 16.5. The number of hydrogen-bond donors (Lipinski definition) is 0. The summed E-state index contributed by atoms with van der Waals surface area (Å²) in [6, 6.07) is 12.5. The van der Waals surface area contributed by atoms with Crippen molar-refractivity contribution in [3.05, 3.63) is 59.2 Å². The van der Waals surface area contributed by atoms with Gasteiger partial charge in [0.25, 0.3) is 5.91 Å². The van der Waals surface area contributed by atoms with Crippen molar-refractivity contribution in [1.82, 2.24) is 4.90 Å². The molecule has 5 nitrogen and oxygen atoms in total. The zero-order valence-corrected chi connectivity index (χ0v) is 16.0. The summed E-state index contributed by atoms with van der Waals surface area (Å²) >= 11 is 0. The number of methoxy groups -OCH3 is 1. The first-order valence-electron chi connectivity index (χ1n) is 9.17. The number of benzene rings is 2. The van der Waals surface area contributed by atoms with Crippen LogP contribution in [0.4, 0.5) is 0 Å². The molecule has 0 N–H and O–H groups in total. The van der Waals surface area contributed by atoms with E-state index in [9.17, 15) is 9.59 Å². The second-order valence-corrected chi connectivity index (χ2v) is 6.90. The highest BCUT2D eigenvalue weighted by Crippen LogP contribution is 2.25. The first-order chi connectivity index (χ1) is 13.0. The van der Waals surface area contributed by atoms with Gasteiger partial charge in [0.1, 0.15) is 11.5 Å². The second-order valence-electron chi connectivity index (χ2n) is 6.90. The Morgan fingerprint density at radius 1 is 1.11 bits per heavy atom. The molecule has 2 aromatic rings. The molecule has 1 atom stereocenters. The van der Waals surface area contributed by atoms with Gasteiger partial charge in [0.05, 0.1) is 13.2 Å². The summed E-state index contributed by atoms with van der Waals surface area (Å²) < 4.78 is 10.9. The van der Waals surface area contributed by atoms with Gasteiger partial charge in [0.2, 0.25) is 0 Å². The van der Waals surface area contributed by atoms with Crippen LogP contribution in [0.2, 0.25) is 0 Å². The van der Waals surface area contributed by atoms with E-state index in [1.54, 1.807) is 24.1 Å². The molecule has 0 saturated carbocycles. The minimum absolute atomic E-state index is 0.0260. The smallest absolute Gasteiger partial charge is 0.261 e. The van der Waals surface area contributed by atoms with Crippen LogP contribution < -0.4 is 9.47 Å². The van der Waals surface area contributed by atoms with Crippen LogP contribution >= 0.6 is 0 Å². The van der Waals surface area contributed by atoms with E-state index in [0.29, 0.717) is 24.3 Å². The molecule has 1 aliphatic rings. The Labute approximate surface area is 159 Å². The normalized spacial score (nSPS) is 16.3. The van der Waals surface area contributed by atoms with Gasteiger partial charge < -0.3 is 14.4 Å². The van der Waals surface area contributed by atoms with Crippen molar-refractivity contribution in [1.29, 1.82) is 0 Å². The molecule has 1 saturated heterocycles. The Bertz CT molecular complexity index is 829. The molecule has 142 valence electrons. The third-order valence-electron chi connectivity index (χ3n) is 4.94. The van der Waals surface area contributed by atoms with Gasteiger partial charge in [-0.3, -0.25) is 9.59 Å². The maximum absolute atomic E-state index is 12.9. The molecule has 27 heavy (non-hydrogen) atoms. The summed E-state index contributed by atoms with van der Waals surface area (Å²) in [6.45, 7) is 4.43. The van der Waals surface area contributed by atoms with E-state index in [4.69, 9.17) is 9.47 Å². The summed E-state index contributed by atoms with van der Waals surface area (Å²) in [5.74, 6) is 1.22. The average molecular weight is 367 g/mol. The maximum atomic E-state index is 12.9. The van der Waals surface area contributed by atoms with Crippen LogP contribution in [0.25, 0.3) is 0 Å². The summed E-state index contributed by atoms with van der Waals surface area (Å²) in [5, 5.41) is 0. The molecule has 0 aliphatic carbocycles. The van der Waals surface area contributed by atoms with E-state index in [1.807, 2.05) is 44.2 Å². The van der Waals surface area contributed by atoms with E-state index in [1.165, 1.54) is 0 Å². The van der Waals surface area contributed by atoms with Crippen molar-refractivity contribution in [3.63, 3.8) is 0 Å². The Kier molecular flexibility index (Phi) is 5.79. The number of Topliss-reactive ketones (excluding diaryl/α,β-unsaturated/α-hetero) is 1. The van der Waals surface area contributed by atoms with Gasteiger partial charge >= 0.3 is 0 Å². The number of carbonyl (C=O) groups is 2. The van der Waals surface area contributed by atoms with Gasteiger partial charge in [-0.1, -0.05) is 17.7 Å². The van der Waals surface area contributed by atoms with Gasteiger partial charge in [-0.25, -0.2) is 0 Å². The summed E-state index contributed by atoms with van der Waals surface area (Å²) in [6.07, 6.45) is 1.50. The van der Waals surface area contributed by atoms with Crippen molar-refractivity contribution in [2.45, 2.75) is 32.7 Å². The molecule has 0 bridgehead atoms. The zero-order chi connectivity index (χ0) is 19.4. The zero-order valence-electron chi connectivity index (χ0n) is 16.0. The third-order valence-corrected chi connectivity index (χ3v) is 4.94. The molecule has 1 unspecified atom stereocenters. The number of hydrogen-bond acceptors (Lipinski definition) is 4. The molecule has 0 radical (unpaired) electrons. The van der Waals surface area contributed by atoms with Crippen LogP contribution in [-0.2, 0) is 4.79 Å². The fourth-order valence-corrected chi connectivity index (χ4v) is 3.42. The number of ether oxygens (including phenoxy) is 2. The Hall–Kier alpha value is -2.82. The van der Waals surface area contributed by atoms with Gasteiger partial charge in [-0.2, -0.15) is 0 Å². The van der Waals surface area contributed by atoms with Crippen molar-refractivity contribution in [3.8, 4) is 11.5 Å². The number of amides is 1. The van der Waals surface area contributed by atoms with Gasteiger partial charge in [0, 0.05) is 12.1 Å². The topological polar surface area (TPSA) is 55.8 Å². The molecule has 2 aromatic carbocycles. The molecule has 3 rings (SSSR count). The lowest BCUT2D eigenvalue weighted by atomic mass is 10.00. The van der Waals surface area contributed by atoms with Crippen molar-refractivity contribution in [2.75, 3.05) is 20.3 Å². The van der Waals surface area contributed by atoms with Crippen LogP contribution in [0.3, 0.4) is 0 Å². The van der Waals surface area contributed by atoms with E-state index in [2.05, 4.69) is 0 Å². The number of aryl methyl sites for hydroxylation is 2. The SMILES string of the molecule is COc1ccc(C(=O)C2CCCN2C(=O)COc2ccc(C)cc2)cc1C. The monoisotopic (exact) mass is 367 g/mol. The molecule has 5 heteroatoms. The molecule has 0 spiro atoms. The van der Waals surface area contributed by atoms with Crippen molar-refractivity contribution in [2.24, 2.45) is 0 Å². The fourth-order valence-electron chi connectivity index (χ4n) is 3.42. The molecule has 1 aliphatic heterocycles. The van der Waals surface area contributed by atoms with Crippen molar-refractivity contribution >= 4 is 11.7 Å². The minimum Gasteiger partial charge on any atom is -0.496 e. The number of nitrogens with zero attached hydrogens (tertiary/aromatic N) is 1. The number of ketones is 1. The van der Waals surface area contributed by atoms with E-state index in [-0.39, 0.29) is 18.3 Å². The molecule has 1 fully saturated rings. The van der Waals surface area contributed by atoms with Crippen molar-refractivity contribution < 1.29 is 19.1 Å². The quantitative estimate of drug-likeness (QED) is 0.733. The highest BCUT2D eigenvalue weighted by molar-refractivity contribution is 6.02. The molecule has 0 aromatic heterocycles. The average Bonchev–Trinajstić information content (AvgIpc) is 3.16. The second kappa shape index (κ2) is 8.25. The third kappa shape index (κ3) is 4.30. The van der Waals surface area contributed by atoms with Gasteiger partial charge in [0.15, 0.2) is 12.4 Å². The molecule has 1 heterocycles. The molecular formula is C22H25NO4. The Morgan fingerprint density at radius 3 is 2.52 bits per heavy atom. The number of carbonyl (C=O) groups excluding carboxylic acids is 2. The maximum Gasteiger partial charge on any atom is 0.261 e. The molecule has 1 amide bonds. The van der Waals surface area contributed by atoms with E-state index in [0.717, 1.165) is 23.3 Å². The van der Waals surface area contributed by atoms with Crippen LogP contribution in [-0.4, -0.2) is 42.9 Å². The summed E-state index contributed by atoms with van der Waals surface area (Å²) in [5.41, 5.74) is 2.65. The largest absolute Gasteiger partial charge is 0.496 e. The summed E-state index contributed by atoms with van der Waals surface area (Å²) in [7, 11) is 1.61. The standard InChI is InChI=1S/C22H25NO4/c1-15-6-9-18(10-7-15)27-14-21(24)23-12-4-5-19(23)22(25)17-8-11-20(26-3)16(2)13-17/h6-11,13,19H,4-5,12,14H2,1-3H3. The first-order valence-corrected chi connectivity index (χ1v) is 9.17. The lowest BCUT2D eigenvalue weighted by Crippen LogP contribution is -2.42. The number of rotatable bonds is 6. The number of likely N-dealkylation sites (tertiary alicyclic amines) is 1. The highest BCUT2D eigenvalue weighted by Gasteiger charge is 2.34. The minimum atomic E-state index is -0.424. The first kappa shape index (κ1) is 19.0. The Balaban J connectivity index is 1.66. The predicted octanol–water partition coefficient (Wildman–Crippen LogP) is 3.56. The van der Waals surface area contributed by atoms with Crippen LogP contribution in [0, 0.1) is 13.8 Å². The lowest BCUT2D eigenvalue weighted by Gasteiger charge is -2.24. The van der Waals surface area contributed by atoms with Gasteiger partial charge in [-0.05, 0) is 62.6 Å². The lowest BCUT2D eigenvalue weighted by molar-refractivity contribution is -0.133. The van der Waals surface area contributed by atoms with Crippen LogP contribution in [0.15, 0.2) is 42.5 Å². The summed E-state index contributed by atoms with van der Waals surface area (Å²) in [4.78, 5) is 27.2. The molecular weight excluding hydrogens is 342 g/mol. The van der Waals surface area contributed by atoms with Gasteiger partial charge in [-0.15, -0.1) is 0 Å².